The van der Waals surface area contributed by atoms with Crippen LogP contribution >= 0.6 is 11.3 Å². The largest absolute Gasteiger partial charge is 0.345 e. The normalized spacial score (nSPS) is 15.9. The van der Waals surface area contributed by atoms with E-state index in [1.807, 2.05) is 18.2 Å². The van der Waals surface area contributed by atoms with Crippen LogP contribution in [-0.4, -0.2) is 17.6 Å². The lowest BCUT2D eigenvalue weighted by molar-refractivity contribution is 0.704. The molecule has 3 nitrogen and oxygen atoms in total. The van der Waals surface area contributed by atoms with Gasteiger partial charge in [-0.3, -0.25) is 0 Å². The summed E-state index contributed by atoms with van der Waals surface area (Å²) in [5.74, 6) is 0. The molecule has 0 aliphatic heterocycles. The van der Waals surface area contributed by atoms with Crippen molar-refractivity contribution >= 4 is 16.5 Å². The van der Waals surface area contributed by atoms with Gasteiger partial charge in [0.1, 0.15) is 0 Å². The van der Waals surface area contributed by atoms with E-state index >= 15 is 0 Å². The van der Waals surface area contributed by atoms with E-state index in [2.05, 4.69) is 29.3 Å². The van der Waals surface area contributed by atoms with E-state index in [-0.39, 0.29) is 6.04 Å². The van der Waals surface area contributed by atoms with E-state index in [9.17, 15) is 0 Å². The molecule has 1 heterocycles. The Morgan fingerprint density at radius 1 is 1.33 bits per heavy atom. The maximum absolute atomic E-state index is 6.29. The Kier molecular flexibility index (Phi) is 4.56. The number of benzene rings is 1. The van der Waals surface area contributed by atoms with Crippen molar-refractivity contribution in [1.82, 2.24) is 4.98 Å². The second kappa shape index (κ2) is 6.58. The van der Waals surface area contributed by atoms with Gasteiger partial charge in [0.15, 0.2) is 5.13 Å². The van der Waals surface area contributed by atoms with Gasteiger partial charge in [-0.05, 0) is 24.8 Å². The zero-order valence-corrected chi connectivity index (χ0v) is 13.4. The standard InChI is InChI=1S/C17H23N3S/c1-2-10-20(15-8-9-15)17-19-14(12-21-17)11-16(18)13-6-4-3-5-7-13/h3-7,12,15-16H,2,8-11,18H2,1H3. The van der Waals surface area contributed by atoms with E-state index in [0.717, 1.165) is 24.7 Å². The first-order chi connectivity index (χ1) is 10.3. The van der Waals surface area contributed by atoms with Gasteiger partial charge in [-0.1, -0.05) is 37.3 Å². The molecule has 1 unspecified atom stereocenters. The zero-order chi connectivity index (χ0) is 14.7. The SMILES string of the molecule is CCCN(c1nc(CC(N)c2ccccc2)cs1)C1CC1. The number of nitrogens with two attached hydrogens (primary N) is 1. The van der Waals surface area contributed by atoms with Crippen molar-refractivity contribution in [1.29, 1.82) is 0 Å². The van der Waals surface area contributed by atoms with Gasteiger partial charge in [-0.25, -0.2) is 4.98 Å². The fraction of sp³-hybridized carbons (Fsp3) is 0.471. The fourth-order valence-electron chi connectivity index (χ4n) is 2.63. The molecule has 1 saturated carbocycles. The number of aromatic nitrogens is 1. The van der Waals surface area contributed by atoms with Crippen LogP contribution in [0.15, 0.2) is 35.7 Å². The smallest absolute Gasteiger partial charge is 0.185 e. The predicted octanol–water partition coefficient (Wildman–Crippen LogP) is 3.76. The van der Waals surface area contributed by atoms with Crippen molar-refractivity contribution < 1.29 is 0 Å². The van der Waals surface area contributed by atoms with Gasteiger partial charge in [-0.2, -0.15) is 0 Å². The van der Waals surface area contributed by atoms with Crippen molar-refractivity contribution in [3.8, 4) is 0 Å². The molecular formula is C17H23N3S. The van der Waals surface area contributed by atoms with Crippen LogP contribution in [-0.2, 0) is 6.42 Å². The highest BCUT2D eigenvalue weighted by Gasteiger charge is 2.30. The summed E-state index contributed by atoms with van der Waals surface area (Å²) < 4.78 is 0. The highest BCUT2D eigenvalue weighted by Crippen LogP contribution is 2.34. The van der Waals surface area contributed by atoms with Gasteiger partial charge < -0.3 is 10.6 Å². The van der Waals surface area contributed by atoms with Crippen LogP contribution in [0.25, 0.3) is 0 Å². The molecule has 3 rings (SSSR count). The second-order valence-corrected chi connectivity index (χ2v) is 6.60. The molecule has 0 radical (unpaired) electrons. The third kappa shape index (κ3) is 3.63. The Bertz CT molecular complexity index is 562. The van der Waals surface area contributed by atoms with Crippen LogP contribution < -0.4 is 10.6 Å². The molecule has 0 amide bonds. The van der Waals surface area contributed by atoms with E-state index < -0.39 is 0 Å². The molecule has 1 aliphatic rings. The number of hydrogen-bond donors (Lipinski definition) is 1. The molecule has 2 N–H and O–H groups in total. The highest BCUT2D eigenvalue weighted by atomic mass is 32.1. The first-order valence-electron chi connectivity index (χ1n) is 7.79. The van der Waals surface area contributed by atoms with Gasteiger partial charge >= 0.3 is 0 Å². The van der Waals surface area contributed by atoms with Gasteiger partial charge in [0.05, 0.1) is 5.69 Å². The Hall–Kier alpha value is -1.39. The number of hydrogen-bond acceptors (Lipinski definition) is 4. The van der Waals surface area contributed by atoms with Crippen LogP contribution in [0.3, 0.4) is 0 Å². The molecule has 1 atom stereocenters. The molecule has 0 saturated heterocycles. The lowest BCUT2D eigenvalue weighted by Crippen LogP contribution is -2.26. The molecule has 1 fully saturated rings. The minimum absolute atomic E-state index is 0.0294. The van der Waals surface area contributed by atoms with Gasteiger partial charge in [0, 0.05) is 30.4 Å². The highest BCUT2D eigenvalue weighted by molar-refractivity contribution is 7.13. The van der Waals surface area contributed by atoms with Crippen LogP contribution in [0.4, 0.5) is 5.13 Å². The van der Waals surface area contributed by atoms with E-state index in [0.29, 0.717) is 0 Å². The zero-order valence-electron chi connectivity index (χ0n) is 12.5. The monoisotopic (exact) mass is 301 g/mol. The quantitative estimate of drug-likeness (QED) is 0.846. The summed E-state index contributed by atoms with van der Waals surface area (Å²) in [6.45, 7) is 3.34. The topological polar surface area (TPSA) is 42.2 Å². The van der Waals surface area contributed by atoms with Crippen molar-refractivity contribution in [3.05, 3.63) is 47.0 Å². The van der Waals surface area contributed by atoms with Crippen LogP contribution in [0.2, 0.25) is 0 Å². The maximum Gasteiger partial charge on any atom is 0.185 e. The van der Waals surface area contributed by atoms with Crippen molar-refractivity contribution in [2.75, 3.05) is 11.4 Å². The first-order valence-corrected chi connectivity index (χ1v) is 8.67. The van der Waals surface area contributed by atoms with Crippen molar-refractivity contribution in [2.24, 2.45) is 5.73 Å². The van der Waals surface area contributed by atoms with Gasteiger partial charge in [0.2, 0.25) is 0 Å². The molecular weight excluding hydrogens is 278 g/mol. The van der Waals surface area contributed by atoms with Gasteiger partial charge in [0.25, 0.3) is 0 Å². The Morgan fingerprint density at radius 3 is 2.76 bits per heavy atom. The molecule has 112 valence electrons. The van der Waals surface area contributed by atoms with Crippen LogP contribution in [0, 0.1) is 0 Å². The molecule has 1 aliphatic carbocycles. The molecule has 21 heavy (non-hydrogen) atoms. The third-order valence-corrected chi connectivity index (χ3v) is 4.82. The summed E-state index contributed by atoms with van der Waals surface area (Å²) in [5.41, 5.74) is 8.59. The lowest BCUT2D eigenvalue weighted by Gasteiger charge is -2.20. The van der Waals surface area contributed by atoms with E-state index in [1.165, 1.54) is 30.0 Å². The molecule has 1 aromatic heterocycles. The van der Waals surface area contributed by atoms with E-state index in [4.69, 9.17) is 10.7 Å². The van der Waals surface area contributed by atoms with Crippen molar-refractivity contribution in [2.45, 2.75) is 44.7 Å². The summed E-state index contributed by atoms with van der Waals surface area (Å²) in [5, 5.41) is 3.35. The maximum atomic E-state index is 6.29. The molecule has 4 heteroatoms. The predicted molar refractivity (Wildman–Crippen MR) is 89.8 cm³/mol. The molecule has 1 aromatic carbocycles. The average molecular weight is 301 g/mol. The lowest BCUT2D eigenvalue weighted by atomic mass is 10.0. The average Bonchev–Trinajstić information content (AvgIpc) is 3.25. The summed E-state index contributed by atoms with van der Waals surface area (Å²) >= 11 is 1.76. The van der Waals surface area contributed by atoms with Crippen LogP contribution in [0.5, 0.6) is 0 Å². The number of anilines is 1. The molecule has 0 spiro atoms. The molecule has 0 bridgehead atoms. The molecule has 2 aromatic rings. The Morgan fingerprint density at radius 2 is 2.10 bits per heavy atom. The van der Waals surface area contributed by atoms with Crippen LogP contribution in [0.1, 0.15) is 43.5 Å². The number of nitrogens with zero attached hydrogens (tertiary/aromatic N) is 2. The second-order valence-electron chi connectivity index (χ2n) is 5.77. The minimum Gasteiger partial charge on any atom is -0.345 e. The summed E-state index contributed by atoms with van der Waals surface area (Å²) in [6.07, 6.45) is 4.62. The summed E-state index contributed by atoms with van der Waals surface area (Å²) in [7, 11) is 0. The van der Waals surface area contributed by atoms with E-state index in [1.54, 1.807) is 11.3 Å². The summed E-state index contributed by atoms with van der Waals surface area (Å²) in [4.78, 5) is 7.29. The third-order valence-electron chi connectivity index (χ3n) is 3.89. The Balaban J connectivity index is 1.67. The minimum atomic E-state index is 0.0294. The van der Waals surface area contributed by atoms with Gasteiger partial charge in [-0.15, -0.1) is 11.3 Å². The number of thiazole rings is 1. The summed E-state index contributed by atoms with van der Waals surface area (Å²) in [6, 6.07) is 11.0. The van der Waals surface area contributed by atoms with Crippen molar-refractivity contribution in [3.63, 3.8) is 0 Å². The fourth-order valence-corrected chi connectivity index (χ4v) is 3.56. The Labute approximate surface area is 130 Å². The first kappa shape index (κ1) is 14.5. The number of rotatable bonds is 7.